The van der Waals surface area contributed by atoms with Gasteiger partial charge in [-0.1, -0.05) is 12.1 Å². The van der Waals surface area contributed by atoms with Gasteiger partial charge in [-0.25, -0.2) is 4.98 Å². The first-order valence-electron chi connectivity index (χ1n) is 7.75. The number of ether oxygens (including phenoxy) is 2. The molecule has 122 valence electrons. The number of nitrogens with zero attached hydrogens (tertiary/aromatic N) is 1. The number of hydrogen-bond donors (Lipinski definition) is 1. The molecule has 1 fully saturated rings. The molecule has 2 aromatic rings. The minimum atomic E-state index is -0.297. The van der Waals surface area contributed by atoms with Gasteiger partial charge in [-0.3, -0.25) is 4.79 Å². The number of aromatic nitrogens is 1. The Balaban J connectivity index is 1.59. The molecule has 1 atom stereocenters. The third-order valence-electron chi connectivity index (χ3n) is 3.78. The van der Waals surface area contributed by atoms with Crippen LogP contribution in [0.25, 0.3) is 10.6 Å². The van der Waals surface area contributed by atoms with Crippen LogP contribution in [0.1, 0.15) is 24.1 Å². The van der Waals surface area contributed by atoms with Gasteiger partial charge in [0.2, 0.25) is 5.91 Å². The zero-order valence-electron chi connectivity index (χ0n) is 13.1. The van der Waals surface area contributed by atoms with E-state index in [1.165, 1.54) is 0 Å². The average Bonchev–Trinajstić information content (AvgIpc) is 3.09. The molecule has 1 aliphatic rings. The molecule has 3 rings (SSSR count). The summed E-state index contributed by atoms with van der Waals surface area (Å²) in [5.74, 6) is 0.781. The molecule has 0 radical (unpaired) electrons. The van der Waals surface area contributed by atoms with Crippen LogP contribution in [-0.4, -0.2) is 30.7 Å². The summed E-state index contributed by atoms with van der Waals surface area (Å²) >= 11 is 1.57. The third kappa shape index (κ3) is 4.09. The summed E-state index contributed by atoms with van der Waals surface area (Å²) in [4.78, 5) is 17.5. The second-order valence-electron chi connectivity index (χ2n) is 5.44. The maximum atomic E-state index is 12.1. The van der Waals surface area contributed by atoms with Crippen LogP contribution >= 0.6 is 11.3 Å². The van der Waals surface area contributed by atoms with Gasteiger partial charge >= 0.3 is 0 Å². The molecule has 23 heavy (non-hydrogen) atoms. The Hall–Kier alpha value is -1.92. The van der Waals surface area contributed by atoms with Crippen molar-refractivity contribution in [1.82, 2.24) is 10.3 Å². The van der Waals surface area contributed by atoms with E-state index in [0.29, 0.717) is 13.2 Å². The Labute approximate surface area is 139 Å². The molecule has 0 saturated carbocycles. The van der Waals surface area contributed by atoms with Crippen molar-refractivity contribution in [3.63, 3.8) is 0 Å². The number of rotatable bonds is 5. The van der Waals surface area contributed by atoms with Crippen molar-refractivity contribution in [2.24, 2.45) is 0 Å². The molecule has 1 aromatic heterocycles. The summed E-state index contributed by atoms with van der Waals surface area (Å²) in [5.41, 5.74) is 1.02. The highest BCUT2D eigenvalue weighted by Crippen LogP contribution is 2.27. The van der Waals surface area contributed by atoms with Crippen molar-refractivity contribution in [3.05, 3.63) is 35.3 Å². The third-order valence-corrected chi connectivity index (χ3v) is 4.83. The number of hydrogen-bond acceptors (Lipinski definition) is 5. The van der Waals surface area contributed by atoms with Gasteiger partial charge in [0.25, 0.3) is 0 Å². The SMILES string of the molecule is COc1cccc(-c2ncc(CNC(=O)[C@H]3CCCCO3)s2)c1. The monoisotopic (exact) mass is 332 g/mol. The number of carbonyl (C=O) groups excluding carboxylic acids is 1. The van der Waals surface area contributed by atoms with E-state index in [1.54, 1.807) is 18.4 Å². The molecule has 5 nitrogen and oxygen atoms in total. The fraction of sp³-hybridized carbons (Fsp3) is 0.412. The zero-order chi connectivity index (χ0) is 16.1. The maximum absolute atomic E-state index is 12.1. The fourth-order valence-electron chi connectivity index (χ4n) is 2.51. The van der Waals surface area contributed by atoms with Crippen LogP contribution < -0.4 is 10.1 Å². The Morgan fingerprint density at radius 1 is 1.48 bits per heavy atom. The Kier molecular flexibility index (Phi) is 5.25. The Morgan fingerprint density at radius 3 is 3.17 bits per heavy atom. The second kappa shape index (κ2) is 7.57. The molecule has 1 aliphatic heterocycles. The van der Waals surface area contributed by atoms with Gasteiger partial charge in [0.1, 0.15) is 16.9 Å². The summed E-state index contributed by atoms with van der Waals surface area (Å²) in [5, 5.41) is 3.86. The predicted octanol–water partition coefficient (Wildman–Crippen LogP) is 3.00. The lowest BCUT2D eigenvalue weighted by Crippen LogP contribution is -2.37. The fourth-order valence-corrected chi connectivity index (χ4v) is 3.36. The summed E-state index contributed by atoms with van der Waals surface area (Å²) < 4.78 is 10.7. The molecule has 1 aromatic carbocycles. The number of methoxy groups -OCH3 is 1. The van der Waals surface area contributed by atoms with Crippen LogP contribution in [0.3, 0.4) is 0 Å². The van der Waals surface area contributed by atoms with Crippen LogP contribution in [-0.2, 0) is 16.1 Å². The molecule has 1 saturated heterocycles. The van der Waals surface area contributed by atoms with Gasteiger partial charge < -0.3 is 14.8 Å². The maximum Gasteiger partial charge on any atom is 0.249 e. The van der Waals surface area contributed by atoms with E-state index in [1.807, 2.05) is 30.5 Å². The molecule has 0 aliphatic carbocycles. The van der Waals surface area contributed by atoms with Gasteiger partial charge in [0.15, 0.2) is 0 Å². The first kappa shape index (κ1) is 16.0. The van der Waals surface area contributed by atoms with Gasteiger partial charge in [-0.05, 0) is 31.4 Å². The van der Waals surface area contributed by atoms with E-state index in [-0.39, 0.29) is 12.0 Å². The number of nitrogens with one attached hydrogen (secondary N) is 1. The van der Waals surface area contributed by atoms with Crippen LogP contribution in [0.4, 0.5) is 0 Å². The van der Waals surface area contributed by atoms with Crippen molar-refractivity contribution >= 4 is 17.2 Å². The van der Waals surface area contributed by atoms with Gasteiger partial charge in [-0.2, -0.15) is 0 Å². The Bertz CT molecular complexity index is 665. The second-order valence-corrected chi connectivity index (χ2v) is 6.55. The minimum absolute atomic E-state index is 0.0268. The van der Waals surface area contributed by atoms with Crippen molar-refractivity contribution in [1.29, 1.82) is 0 Å². The molecule has 2 heterocycles. The van der Waals surface area contributed by atoms with Crippen molar-refractivity contribution in [2.75, 3.05) is 13.7 Å². The lowest BCUT2D eigenvalue weighted by molar-refractivity contribution is -0.135. The van der Waals surface area contributed by atoms with Gasteiger partial charge in [-0.15, -0.1) is 11.3 Å². The summed E-state index contributed by atoms with van der Waals surface area (Å²) in [7, 11) is 1.65. The van der Waals surface area contributed by atoms with Crippen molar-refractivity contribution < 1.29 is 14.3 Å². The number of carbonyl (C=O) groups is 1. The molecule has 0 unspecified atom stereocenters. The normalized spacial score (nSPS) is 17.7. The minimum Gasteiger partial charge on any atom is -0.497 e. The summed E-state index contributed by atoms with van der Waals surface area (Å²) in [6.07, 6.45) is 4.42. The predicted molar refractivity (Wildman–Crippen MR) is 89.5 cm³/mol. The number of benzene rings is 1. The van der Waals surface area contributed by atoms with Crippen LogP contribution in [0.2, 0.25) is 0 Å². The average molecular weight is 332 g/mol. The summed E-state index contributed by atoms with van der Waals surface area (Å²) in [6.45, 7) is 1.17. The van der Waals surface area contributed by atoms with Crippen molar-refractivity contribution in [2.45, 2.75) is 31.9 Å². The largest absolute Gasteiger partial charge is 0.497 e. The lowest BCUT2D eigenvalue weighted by atomic mass is 10.1. The molecular formula is C17H20N2O3S. The highest BCUT2D eigenvalue weighted by atomic mass is 32.1. The van der Waals surface area contributed by atoms with E-state index >= 15 is 0 Å². The topological polar surface area (TPSA) is 60.5 Å². The molecule has 0 spiro atoms. The first-order chi connectivity index (χ1) is 11.3. The van der Waals surface area contributed by atoms with E-state index in [4.69, 9.17) is 9.47 Å². The van der Waals surface area contributed by atoms with E-state index in [2.05, 4.69) is 10.3 Å². The molecule has 1 amide bonds. The zero-order valence-corrected chi connectivity index (χ0v) is 13.9. The van der Waals surface area contributed by atoms with Gasteiger partial charge in [0.05, 0.1) is 13.7 Å². The number of amides is 1. The number of thiazole rings is 1. The molecule has 0 bridgehead atoms. The lowest BCUT2D eigenvalue weighted by Gasteiger charge is -2.21. The smallest absolute Gasteiger partial charge is 0.249 e. The van der Waals surface area contributed by atoms with E-state index in [0.717, 1.165) is 40.5 Å². The quantitative estimate of drug-likeness (QED) is 0.914. The summed E-state index contributed by atoms with van der Waals surface area (Å²) in [6, 6.07) is 7.80. The standard InChI is InChI=1S/C17H20N2O3S/c1-21-13-6-4-5-12(9-13)17-19-11-14(23-17)10-18-16(20)15-7-2-3-8-22-15/h4-6,9,11,15H,2-3,7-8,10H2,1H3,(H,18,20)/t15-/m1/s1. The molecule has 6 heteroatoms. The van der Waals surface area contributed by atoms with Crippen LogP contribution in [0.15, 0.2) is 30.5 Å². The van der Waals surface area contributed by atoms with Crippen LogP contribution in [0, 0.1) is 0 Å². The van der Waals surface area contributed by atoms with Crippen molar-refractivity contribution in [3.8, 4) is 16.3 Å². The molecular weight excluding hydrogens is 312 g/mol. The highest BCUT2D eigenvalue weighted by Gasteiger charge is 2.21. The molecule has 1 N–H and O–H groups in total. The van der Waals surface area contributed by atoms with Crippen LogP contribution in [0.5, 0.6) is 5.75 Å². The van der Waals surface area contributed by atoms with E-state index in [9.17, 15) is 4.79 Å². The first-order valence-corrected chi connectivity index (χ1v) is 8.56. The van der Waals surface area contributed by atoms with E-state index < -0.39 is 0 Å². The Morgan fingerprint density at radius 2 is 2.39 bits per heavy atom. The highest BCUT2D eigenvalue weighted by molar-refractivity contribution is 7.15. The van der Waals surface area contributed by atoms with Gasteiger partial charge in [0, 0.05) is 23.2 Å².